The van der Waals surface area contributed by atoms with Gasteiger partial charge in [-0.05, 0) is 19.8 Å². The maximum absolute atomic E-state index is 11.2. The largest absolute Gasteiger partial charge is 0.393 e. The molecule has 0 bridgehead atoms. The van der Waals surface area contributed by atoms with Gasteiger partial charge in [-0.2, -0.15) is 0 Å². The summed E-state index contributed by atoms with van der Waals surface area (Å²) in [6, 6.07) is 0. The number of nitrogens with zero attached hydrogens (tertiary/aromatic N) is 1. The zero-order valence-electron chi connectivity index (χ0n) is 7.87. The van der Waals surface area contributed by atoms with Gasteiger partial charge in [0.2, 0.25) is 5.91 Å². The zero-order chi connectivity index (χ0) is 9.84. The molecule has 0 aromatic rings. The van der Waals surface area contributed by atoms with E-state index in [1.165, 1.54) is 0 Å². The van der Waals surface area contributed by atoms with Gasteiger partial charge in [0, 0.05) is 19.0 Å². The molecule has 0 aromatic carbocycles. The fourth-order valence-corrected chi connectivity index (χ4v) is 1.88. The summed E-state index contributed by atoms with van der Waals surface area (Å²) in [6.45, 7) is 3.22. The lowest BCUT2D eigenvalue weighted by Gasteiger charge is -2.33. The first kappa shape index (κ1) is 10.8. The molecule has 1 aliphatic rings. The van der Waals surface area contributed by atoms with E-state index in [0.717, 1.165) is 19.4 Å². The van der Waals surface area contributed by atoms with Gasteiger partial charge >= 0.3 is 0 Å². The van der Waals surface area contributed by atoms with Crippen molar-refractivity contribution in [2.75, 3.05) is 19.0 Å². The highest BCUT2D eigenvalue weighted by Crippen LogP contribution is 2.19. The number of halogens is 1. The van der Waals surface area contributed by atoms with E-state index in [9.17, 15) is 9.90 Å². The van der Waals surface area contributed by atoms with Crippen LogP contribution in [0.5, 0.6) is 0 Å². The number of aliphatic hydroxyl groups excluding tert-OH is 1. The second-order valence-corrected chi connectivity index (χ2v) is 3.88. The average molecular weight is 206 g/mol. The van der Waals surface area contributed by atoms with E-state index < -0.39 is 0 Å². The van der Waals surface area contributed by atoms with Crippen molar-refractivity contribution in [2.24, 2.45) is 5.92 Å². The fourth-order valence-electron chi connectivity index (χ4n) is 1.71. The average Bonchev–Trinajstić information content (AvgIpc) is 2.17. The molecule has 4 heteroatoms. The van der Waals surface area contributed by atoms with E-state index >= 15 is 0 Å². The van der Waals surface area contributed by atoms with E-state index in [2.05, 4.69) is 0 Å². The smallest absolute Gasteiger partial charge is 0.237 e. The lowest BCUT2D eigenvalue weighted by Crippen LogP contribution is -2.43. The van der Waals surface area contributed by atoms with Gasteiger partial charge < -0.3 is 10.0 Å². The third kappa shape index (κ3) is 2.85. The topological polar surface area (TPSA) is 40.5 Å². The highest BCUT2D eigenvalue weighted by Gasteiger charge is 2.25. The lowest BCUT2D eigenvalue weighted by atomic mass is 9.93. The summed E-state index contributed by atoms with van der Waals surface area (Å²) >= 11 is 5.46. The van der Waals surface area contributed by atoms with Crippen molar-refractivity contribution in [2.45, 2.75) is 25.9 Å². The third-order valence-corrected chi connectivity index (χ3v) is 2.84. The van der Waals surface area contributed by atoms with E-state index in [-0.39, 0.29) is 23.8 Å². The molecule has 76 valence electrons. The Kier molecular flexibility index (Phi) is 4.00. The molecule has 0 radical (unpaired) electrons. The quantitative estimate of drug-likeness (QED) is 0.679. The summed E-state index contributed by atoms with van der Waals surface area (Å²) in [7, 11) is 0. The molecule has 3 nitrogen and oxygen atoms in total. The van der Waals surface area contributed by atoms with Crippen LogP contribution in [0.15, 0.2) is 0 Å². The van der Waals surface area contributed by atoms with Crippen molar-refractivity contribution in [3.05, 3.63) is 0 Å². The number of hydrogen-bond donors (Lipinski definition) is 1. The Labute approximate surface area is 83.7 Å². The molecular weight excluding hydrogens is 190 g/mol. The molecule has 1 rings (SSSR count). The molecule has 0 aliphatic carbocycles. The highest BCUT2D eigenvalue weighted by molar-refractivity contribution is 6.27. The van der Waals surface area contributed by atoms with Crippen molar-refractivity contribution in [1.82, 2.24) is 4.90 Å². The van der Waals surface area contributed by atoms with Gasteiger partial charge in [0.05, 0.1) is 6.10 Å². The number of amides is 1. The summed E-state index contributed by atoms with van der Waals surface area (Å²) in [5.74, 6) is 0.250. The summed E-state index contributed by atoms with van der Waals surface area (Å²) in [5, 5.41) is 9.38. The van der Waals surface area contributed by atoms with Crippen molar-refractivity contribution >= 4 is 17.5 Å². The van der Waals surface area contributed by atoms with Crippen molar-refractivity contribution in [3.8, 4) is 0 Å². The number of carbonyl (C=O) groups is 1. The minimum Gasteiger partial charge on any atom is -0.393 e. The second kappa shape index (κ2) is 4.82. The SMILES string of the molecule is C[C@H](O)[C@H]1CCCN(C(=O)CCl)C1. The normalized spacial score (nSPS) is 25.8. The molecule has 1 heterocycles. The Bertz CT molecular complexity index is 184. The molecule has 13 heavy (non-hydrogen) atoms. The van der Waals surface area contributed by atoms with Crippen molar-refractivity contribution in [3.63, 3.8) is 0 Å². The minimum absolute atomic E-state index is 0.0213. The molecule has 0 saturated carbocycles. The first-order valence-corrected chi connectivity index (χ1v) is 5.20. The molecule has 1 fully saturated rings. The summed E-state index contributed by atoms with van der Waals surface area (Å²) < 4.78 is 0. The van der Waals surface area contributed by atoms with Gasteiger partial charge in [0.15, 0.2) is 0 Å². The molecule has 1 aliphatic heterocycles. The number of rotatable bonds is 2. The molecule has 0 aromatic heterocycles. The van der Waals surface area contributed by atoms with Crippen LogP contribution in [-0.2, 0) is 4.79 Å². The van der Waals surface area contributed by atoms with E-state index in [1.807, 2.05) is 0 Å². The Morgan fingerprint density at radius 1 is 1.77 bits per heavy atom. The highest BCUT2D eigenvalue weighted by atomic mass is 35.5. The van der Waals surface area contributed by atoms with E-state index in [4.69, 9.17) is 11.6 Å². The van der Waals surface area contributed by atoms with Crippen LogP contribution in [0.3, 0.4) is 0 Å². The van der Waals surface area contributed by atoms with Crippen LogP contribution in [0.2, 0.25) is 0 Å². The van der Waals surface area contributed by atoms with Gasteiger partial charge in [-0.15, -0.1) is 11.6 Å². The van der Waals surface area contributed by atoms with Crippen LogP contribution in [-0.4, -0.2) is 41.0 Å². The van der Waals surface area contributed by atoms with Gasteiger partial charge in [0.25, 0.3) is 0 Å². The molecule has 2 atom stereocenters. The maximum atomic E-state index is 11.2. The van der Waals surface area contributed by atoms with Crippen LogP contribution in [0.1, 0.15) is 19.8 Å². The van der Waals surface area contributed by atoms with Gasteiger partial charge in [-0.25, -0.2) is 0 Å². The Morgan fingerprint density at radius 2 is 2.46 bits per heavy atom. The number of piperidine rings is 1. The minimum atomic E-state index is -0.328. The first-order valence-electron chi connectivity index (χ1n) is 4.67. The Morgan fingerprint density at radius 3 is 3.00 bits per heavy atom. The first-order chi connectivity index (χ1) is 6.15. The molecule has 1 saturated heterocycles. The Balaban J connectivity index is 2.46. The number of alkyl halides is 1. The molecule has 1 amide bonds. The molecule has 0 spiro atoms. The number of likely N-dealkylation sites (tertiary alicyclic amines) is 1. The Hall–Kier alpha value is -0.280. The van der Waals surface area contributed by atoms with Gasteiger partial charge in [0.1, 0.15) is 5.88 Å². The number of carbonyl (C=O) groups excluding carboxylic acids is 1. The molecule has 0 unspecified atom stereocenters. The predicted molar refractivity (Wildman–Crippen MR) is 51.7 cm³/mol. The van der Waals surface area contributed by atoms with E-state index in [1.54, 1.807) is 11.8 Å². The lowest BCUT2D eigenvalue weighted by molar-refractivity contribution is -0.131. The van der Waals surface area contributed by atoms with Crippen molar-refractivity contribution in [1.29, 1.82) is 0 Å². The maximum Gasteiger partial charge on any atom is 0.237 e. The number of hydrogen-bond acceptors (Lipinski definition) is 2. The zero-order valence-corrected chi connectivity index (χ0v) is 8.63. The number of aliphatic hydroxyl groups is 1. The van der Waals surface area contributed by atoms with Crippen LogP contribution < -0.4 is 0 Å². The second-order valence-electron chi connectivity index (χ2n) is 3.62. The van der Waals surface area contributed by atoms with E-state index in [0.29, 0.717) is 6.54 Å². The monoisotopic (exact) mass is 205 g/mol. The summed E-state index contributed by atoms with van der Waals surface area (Å²) in [4.78, 5) is 13.0. The van der Waals surface area contributed by atoms with Crippen molar-refractivity contribution < 1.29 is 9.90 Å². The summed E-state index contributed by atoms with van der Waals surface area (Å²) in [5.41, 5.74) is 0. The van der Waals surface area contributed by atoms with Crippen LogP contribution in [0.25, 0.3) is 0 Å². The fraction of sp³-hybridized carbons (Fsp3) is 0.889. The van der Waals surface area contributed by atoms with Crippen LogP contribution in [0, 0.1) is 5.92 Å². The molecule has 1 N–H and O–H groups in total. The van der Waals surface area contributed by atoms with Gasteiger partial charge in [-0.1, -0.05) is 0 Å². The standard InChI is InChI=1S/C9H16ClNO2/c1-7(12)8-3-2-4-11(6-8)9(13)5-10/h7-8,12H,2-6H2,1H3/t7-,8-/m0/s1. The van der Waals surface area contributed by atoms with Crippen LogP contribution in [0.4, 0.5) is 0 Å². The molecular formula is C9H16ClNO2. The summed E-state index contributed by atoms with van der Waals surface area (Å²) in [6.07, 6.45) is 1.65. The predicted octanol–water partition coefficient (Wildman–Crippen LogP) is 0.845. The third-order valence-electron chi connectivity index (χ3n) is 2.61. The van der Waals surface area contributed by atoms with Crippen LogP contribution >= 0.6 is 11.6 Å². The van der Waals surface area contributed by atoms with Gasteiger partial charge in [-0.3, -0.25) is 4.79 Å².